The van der Waals surface area contributed by atoms with Crippen LogP contribution in [0.25, 0.3) is 0 Å². The fraction of sp³-hybridized carbons (Fsp3) is 0.829. The minimum absolute atomic E-state index is 0.117. The summed E-state index contributed by atoms with van der Waals surface area (Å²) in [6.07, 6.45) is 28.8. The van der Waals surface area contributed by atoms with E-state index in [0.29, 0.717) is 72.0 Å². The van der Waals surface area contributed by atoms with Gasteiger partial charge >= 0.3 is 0 Å². The molecule has 10 heteroatoms. The first-order chi connectivity index (χ1) is 22.1. The first kappa shape index (κ1) is 28.7. The molecule has 3 aliphatic carbocycles. The number of allylic oxidation sites excluding steroid dienone is 2. The van der Waals surface area contributed by atoms with Crippen LogP contribution in [-0.2, 0) is 0 Å². The van der Waals surface area contributed by atoms with Gasteiger partial charge in [-0.15, -0.1) is 0 Å². The Morgan fingerprint density at radius 1 is 0.578 bits per heavy atom. The van der Waals surface area contributed by atoms with Crippen LogP contribution in [0.5, 0.6) is 0 Å². The standard InChI is InChI=1S/C35H56N10/c1-3-35(2)15-12-19-20(13-16-35)28-37-27(19)38-30-26-18-36-17-14-21(26)29(39-30)41-32-23-9-5-7-11-25(23)34-42-33-24-10-6-4-8-22(24)31(40-28)44(33)43-45(32)34/h12-17,19-34,36-43H,3-11,18H2,1-2H3. The maximum atomic E-state index is 4.35. The van der Waals surface area contributed by atoms with Crippen molar-refractivity contribution in [3.8, 4) is 0 Å². The predicted octanol–water partition coefficient (Wildman–Crippen LogP) is 1.97. The summed E-state index contributed by atoms with van der Waals surface area (Å²) in [5.41, 5.74) is 4.30. The average Bonchev–Trinajstić information content (AvgIpc) is 3.74. The maximum Gasteiger partial charge on any atom is 0.0808 e. The Morgan fingerprint density at radius 3 is 1.62 bits per heavy atom. The van der Waals surface area contributed by atoms with E-state index in [4.69, 9.17) is 0 Å². The van der Waals surface area contributed by atoms with Crippen LogP contribution >= 0.6 is 0 Å². The molecular formula is C35H56N10. The highest BCUT2D eigenvalue weighted by Gasteiger charge is 2.61. The molecule has 8 N–H and O–H groups in total. The zero-order valence-corrected chi connectivity index (χ0v) is 27.2. The summed E-state index contributed by atoms with van der Waals surface area (Å²) < 4.78 is 0. The molecule has 0 aromatic carbocycles. The molecule has 6 bridgehead atoms. The van der Waals surface area contributed by atoms with Crippen LogP contribution in [0.2, 0.25) is 0 Å². The lowest BCUT2D eigenvalue weighted by atomic mass is 9.77. The number of hydrogen-bond donors (Lipinski definition) is 8. The molecule has 10 nitrogen and oxygen atoms in total. The van der Waals surface area contributed by atoms with Gasteiger partial charge in [0.05, 0.1) is 49.3 Å². The molecule has 0 aromatic rings. The van der Waals surface area contributed by atoms with Crippen molar-refractivity contribution in [3.63, 3.8) is 0 Å². The average molecular weight is 617 g/mol. The minimum atomic E-state index is 0.117. The predicted molar refractivity (Wildman–Crippen MR) is 175 cm³/mol. The third-order valence-corrected chi connectivity index (χ3v) is 14.4. The molecule has 6 saturated heterocycles. The number of hydrogen-bond acceptors (Lipinski definition) is 10. The number of hydrazine groups is 2. The van der Waals surface area contributed by atoms with Crippen LogP contribution < -0.4 is 42.8 Å². The van der Waals surface area contributed by atoms with Crippen molar-refractivity contribution >= 4 is 0 Å². The smallest absolute Gasteiger partial charge is 0.0808 e. The van der Waals surface area contributed by atoms with Crippen molar-refractivity contribution in [2.24, 2.45) is 52.8 Å². The molecule has 17 atom stereocenters. The third kappa shape index (κ3) is 4.40. The molecule has 0 spiro atoms. The fourth-order valence-corrected chi connectivity index (χ4v) is 11.8. The first-order valence-electron chi connectivity index (χ1n) is 18.8. The van der Waals surface area contributed by atoms with Gasteiger partial charge in [-0.05, 0) is 62.0 Å². The summed E-state index contributed by atoms with van der Waals surface area (Å²) in [5.74, 6) is 4.41. The highest BCUT2D eigenvalue weighted by Crippen LogP contribution is 2.49. The quantitative estimate of drug-likeness (QED) is 0.209. The van der Waals surface area contributed by atoms with Gasteiger partial charge in [-0.2, -0.15) is 15.6 Å². The Bertz CT molecular complexity index is 1240. The summed E-state index contributed by atoms with van der Waals surface area (Å²) in [6, 6.07) is 0. The normalized spacial score (nSPS) is 56.5. The van der Waals surface area contributed by atoms with Crippen molar-refractivity contribution in [1.29, 1.82) is 0 Å². The summed E-state index contributed by atoms with van der Waals surface area (Å²) in [5, 5.41) is 34.3. The lowest BCUT2D eigenvalue weighted by Gasteiger charge is -2.48. The molecule has 17 unspecified atom stereocenters. The Kier molecular flexibility index (Phi) is 6.90. The summed E-state index contributed by atoms with van der Waals surface area (Å²) in [4.78, 5) is 0. The lowest BCUT2D eigenvalue weighted by molar-refractivity contribution is -0.132. The van der Waals surface area contributed by atoms with Crippen molar-refractivity contribution in [3.05, 3.63) is 36.6 Å². The summed E-state index contributed by atoms with van der Waals surface area (Å²) in [6.45, 7) is 5.71. The van der Waals surface area contributed by atoms with Crippen molar-refractivity contribution in [1.82, 2.24) is 52.8 Å². The second-order valence-electron chi connectivity index (χ2n) is 16.6. The fourth-order valence-electron chi connectivity index (χ4n) is 11.8. The van der Waals surface area contributed by atoms with Gasteiger partial charge in [0.1, 0.15) is 0 Å². The highest BCUT2D eigenvalue weighted by atomic mass is 15.9. The zero-order chi connectivity index (χ0) is 29.9. The number of nitrogens with one attached hydrogen (secondary N) is 8. The summed E-state index contributed by atoms with van der Waals surface area (Å²) in [7, 11) is 0. The molecular weight excluding hydrogens is 560 g/mol. The van der Waals surface area contributed by atoms with Gasteiger partial charge < -0.3 is 5.32 Å². The molecule has 7 heterocycles. The van der Waals surface area contributed by atoms with Crippen LogP contribution in [0.3, 0.4) is 0 Å². The Hall–Kier alpha value is -1.34. The van der Waals surface area contributed by atoms with Crippen molar-refractivity contribution in [2.45, 2.75) is 121 Å². The van der Waals surface area contributed by atoms with Crippen LogP contribution in [0.4, 0.5) is 0 Å². The third-order valence-electron chi connectivity index (χ3n) is 14.4. The Morgan fingerprint density at radius 2 is 1.07 bits per heavy atom. The van der Waals surface area contributed by atoms with Gasteiger partial charge in [0, 0.05) is 35.6 Å². The number of nitrogens with zero attached hydrogens (tertiary/aromatic N) is 2. The number of rotatable bonds is 1. The molecule has 0 amide bonds. The van der Waals surface area contributed by atoms with Gasteiger partial charge in [0.15, 0.2) is 0 Å². The molecule has 246 valence electrons. The zero-order valence-electron chi connectivity index (χ0n) is 27.2. The van der Waals surface area contributed by atoms with Crippen LogP contribution in [0.15, 0.2) is 36.6 Å². The largest absolute Gasteiger partial charge is 0.391 e. The molecule has 10 aliphatic rings. The maximum absolute atomic E-state index is 4.35. The van der Waals surface area contributed by atoms with Gasteiger partial charge in [0.25, 0.3) is 0 Å². The van der Waals surface area contributed by atoms with Crippen LogP contribution in [0.1, 0.15) is 71.6 Å². The van der Waals surface area contributed by atoms with Crippen molar-refractivity contribution in [2.75, 3.05) is 6.54 Å². The lowest BCUT2D eigenvalue weighted by Crippen LogP contribution is -2.75. The van der Waals surface area contributed by atoms with E-state index >= 15 is 0 Å². The van der Waals surface area contributed by atoms with Gasteiger partial charge in [-0.3, -0.25) is 31.9 Å². The van der Waals surface area contributed by atoms with Gasteiger partial charge in [-0.1, -0.05) is 69.9 Å². The van der Waals surface area contributed by atoms with E-state index in [1.54, 1.807) is 0 Å². The van der Waals surface area contributed by atoms with E-state index in [0.717, 1.165) is 13.0 Å². The van der Waals surface area contributed by atoms with E-state index in [1.807, 2.05) is 0 Å². The molecule has 10 rings (SSSR count). The molecule has 0 aromatic heterocycles. The number of fused-ring (bicyclic) bond motifs is 16. The summed E-state index contributed by atoms with van der Waals surface area (Å²) >= 11 is 0. The SMILES string of the molecule is CCC1(C)C=CC2C3NC(NC4C5CCCCC5C5NC6C7CCCCC7C(NC7NC(N3)C3CNC=CC73)N6NN45)C2C=C1. The van der Waals surface area contributed by atoms with Gasteiger partial charge in [-0.25, -0.2) is 0 Å². The van der Waals surface area contributed by atoms with E-state index in [1.165, 1.54) is 51.4 Å². The minimum Gasteiger partial charge on any atom is -0.391 e. The first-order valence-corrected chi connectivity index (χ1v) is 18.8. The van der Waals surface area contributed by atoms with Crippen LogP contribution in [-0.4, -0.2) is 65.9 Å². The van der Waals surface area contributed by atoms with E-state index in [2.05, 4.69) is 103 Å². The topological polar surface area (TPSA) is 103 Å². The molecule has 8 fully saturated rings. The highest BCUT2D eigenvalue weighted by molar-refractivity contribution is 5.23. The second kappa shape index (κ2) is 10.8. The van der Waals surface area contributed by atoms with Gasteiger partial charge in [0.2, 0.25) is 0 Å². The second-order valence-corrected chi connectivity index (χ2v) is 16.6. The monoisotopic (exact) mass is 616 g/mol. The molecule has 2 saturated carbocycles. The van der Waals surface area contributed by atoms with E-state index < -0.39 is 0 Å². The molecule has 45 heavy (non-hydrogen) atoms. The van der Waals surface area contributed by atoms with Crippen LogP contribution in [0, 0.1) is 52.8 Å². The Balaban J connectivity index is 1.06. The van der Waals surface area contributed by atoms with E-state index in [-0.39, 0.29) is 30.1 Å². The Labute approximate surface area is 269 Å². The molecule has 0 radical (unpaired) electrons. The molecule has 7 aliphatic heterocycles. The van der Waals surface area contributed by atoms with Crippen molar-refractivity contribution < 1.29 is 0 Å². The van der Waals surface area contributed by atoms with E-state index in [9.17, 15) is 0 Å².